The van der Waals surface area contributed by atoms with Crippen molar-refractivity contribution < 1.29 is 14.6 Å². The molecular weight excluding hydrogens is 242 g/mol. The Morgan fingerprint density at radius 1 is 1.11 bits per heavy atom. The highest BCUT2D eigenvalue weighted by molar-refractivity contribution is 5.70. The molecule has 1 spiro atoms. The molecule has 3 rings (SSSR count). The van der Waals surface area contributed by atoms with E-state index in [1.807, 2.05) is 0 Å². The van der Waals surface area contributed by atoms with Crippen molar-refractivity contribution in [2.45, 2.75) is 75.5 Å². The summed E-state index contributed by atoms with van der Waals surface area (Å²) in [6.45, 7) is 0.891. The first-order valence-electron chi connectivity index (χ1n) is 7.80. The van der Waals surface area contributed by atoms with Gasteiger partial charge in [0.25, 0.3) is 0 Å². The second-order valence-electron chi connectivity index (χ2n) is 6.63. The third-order valence-electron chi connectivity index (χ3n) is 5.31. The maximum atomic E-state index is 10.9. The summed E-state index contributed by atoms with van der Waals surface area (Å²) in [5.74, 6) is -0.719. The standard InChI is InChI=1S/C15H25NO3/c17-14(18)11-2-4-12(5-3-11)16-13-6-9-19-15(10-13)7-1-8-15/h11-13,16H,1-10H2,(H,17,18). The number of carboxylic acid groups (broad SMARTS) is 1. The van der Waals surface area contributed by atoms with E-state index in [1.165, 1.54) is 19.3 Å². The van der Waals surface area contributed by atoms with Gasteiger partial charge in [0, 0.05) is 18.7 Å². The molecule has 0 amide bonds. The van der Waals surface area contributed by atoms with Crippen LogP contribution < -0.4 is 5.32 Å². The molecule has 3 fully saturated rings. The minimum atomic E-state index is -0.613. The Balaban J connectivity index is 1.45. The average Bonchev–Trinajstić information content (AvgIpc) is 2.38. The molecule has 0 aromatic heterocycles. The molecule has 2 N–H and O–H groups in total. The minimum absolute atomic E-state index is 0.106. The second-order valence-corrected chi connectivity index (χ2v) is 6.63. The summed E-state index contributed by atoms with van der Waals surface area (Å²) in [4.78, 5) is 10.9. The first-order valence-corrected chi connectivity index (χ1v) is 7.80. The number of hydrogen-bond acceptors (Lipinski definition) is 3. The molecular formula is C15H25NO3. The predicted octanol–water partition coefficient (Wildman–Crippen LogP) is 2.32. The highest BCUT2D eigenvalue weighted by Crippen LogP contribution is 2.42. The fourth-order valence-electron chi connectivity index (χ4n) is 3.93. The molecule has 3 aliphatic rings. The molecule has 1 heterocycles. The van der Waals surface area contributed by atoms with Gasteiger partial charge in [-0.25, -0.2) is 0 Å². The minimum Gasteiger partial charge on any atom is -0.481 e. The van der Waals surface area contributed by atoms with Crippen LogP contribution in [0, 0.1) is 5.92 Å². The highest BCUT2D eigenvalue weighted by Gasteiger charge is 2.43. The summed E-state index contributed by atoms with van der Waals surface area (Å²) < 4.78 is 5.95. The molecule has 108 valence electrons. The van der Waals surface area contributed by atoms with Crippen molar-refractivity contribution in [3.05, 3.63) is 0 Å². The molecule has 0 radical (unpaired) electrons. The van der Waals surface area contributed by atoms with Crippen LogP contribution in [0.4, 0.5) is 0 Å². The average molecular weight is 267 g/mol. The fourth-order valence-corrected chi connectivity index (χ4v) is 3.93. The lowest BCUT2D eigenvalue weighted by Gasteiger charge is -2.48. The molecule has 2 aliphatic carbocycles. The van der Waals surface area contributed by atoms with Gasteiger partial charge in [-0.1, -0.05) is 0 Å². The van der Waals surface area contributed by atoms with Crippen LogP contribution in [0.15, 0.2) is 0 Å². The van der Waals surface area contributed by atoms with Crippen LogP contribution in [-0.4, -0.2) is 35.4 Å². The lowest BCUT2D eigenvalue weighted by Crippen LogP contribution is -2.53. The largest absolute Gasteiger partial charge is 0.481 e. The van der Waals surface area contributed by atoms with Crippen molar-refractivity contribution in [3.63, 3.8) is 0 Å². The van der Waals surface area contributed by atoms with Gasteiger partial charge in [0.05, 0.1) is 11.5 Å². The van der Waals surface area contributed by atoms with E-state index in [0.717, 1.165) is 45.1 Å². The summed E-state index contributed by atoms with van der Waals surface area (Å²) in [5.41, 5.74) is 0.203. The number of carbonyl (C=O) groups is 1. The molecule has 1 unspecified atom stereocenters. The molecule has 0 bridgehead atoms. The van der Waals surface area contributed by atoms with Gasteiger partial charge in [-0.05, 0) is 57.8 Å². The van der Waals surface area contributed by atoms with Gasteiger partial charge in [-0.3, -0.25) is 4.79 Å². The Kier molecular flexibility index (Phi) is 3.81. The van der Waals surface area contributed by atoms with Crippen molar-refractivity contribution in [1.82, 2.24) is 5.32 Å². The van der Waals surface area contributed by atoms with E-state index in [0.29, 0.717) is 12.1 Å². The Morgan fingerprint density at radius 3 is 2.42 bits per heavy atom. The summed E-state index contributed by atoms with van der Waals surface area (Å²) >= 11 is 0. The summed E-state index contributed by atoms with van der Waals surface area (Å²) in [5, 5.41) is 12.8. The molecule has 19 heavy (non-hydrogen) atoms. The van der Waals surface area contributed by atoms with E-state index in [1.54, 1.807) is 0 Å². The summed E-state index contributed by atoms with van der Waals surface area (Å²) in [6.07, 6.45) is 9.75. The van der Waals surface area contributed by atoms with Crippen LogP contribution >= 0.6 is 0 Å². The smallest absolute Gasteiger partial charge is 0.306 e. The number of hydrogen-bond donors (Lipinski definition) is 2. The lowest BCUT2D eigenvalue weighted by atomic mass is 9.73. The van der Waals surface area contributed by atoms with Gasteiger partial charge < -0.3 is 15.2 Å². The zero-order valence-electron chi connectivity index (χ0n) is 11.6. The maximum Gasteiger partial charge on any atom is 0.306 e. The Morgan fingerprint density at radius 2 is 1.84 bits per heavy atom. The number of ether oxygens (including phenoxy) is 1. The molecule has 1 saturated heterocycles. The summed E-state index contributed by atoms with van der Waals surface area (Å²) in [6, 6.07) is 1.11. The van der Waals surface area contributed by atoms with E-state index in [9.17, 15) is 4.79 Å². The third kappa shape index (κ3) is 2.95. The normalized spacial score (nSPS) is 37.8. The zero-order valence-corrected chi connectivity index (χ0v) is 11.6. The van der Waals surface area contributed by atoms with Gasteiger partial charge in [0.1, 0.15) is 0 Å². The SMILES string of the molecule is O=C(O)C1CCC(NC2CCOC3(CCC3)C2)CC1. The van der Waals surface area contributed by atoms with Crippen molar-refractivity contribution >= 4 is 5.97 Å². The van der Waals surface area contributed by atoms with E-state index < -0.39 is 5.97 Å². The van der Waals surface area contributed by atoms with Crippen molar-refractivity contribution in [1.29, 1.82) is 0 Å². The second kappa shape index (κ2) is 5.41. The number of nitrogens with one attached hydrogen (secondary N) is 1. The van der Waals surface area contributed by atoms with Crippen LogP contribution in [0.1, 0.15) is 57.8 Å². The zero-order chi connectivity index (χ0) is 13.3. The van der Waals surface area contributed by atoms with Gasteiger partial charge in [0.2, 0.25) is 0 Å². The van der Waals surface area contributed by atoms with E-state index in [-0.39, 0.29) is 11.5 Å². The Labute approximate surface area is 114 Å². The number of aliphatic carboxylic acids is 1. The van der Waals surface area contributed by atoms with Gasteiger partial charge in [0.15, 0.2) is 0 Å². The monoisotopic (exact) mass is 267 g/mol. The third-order valence-corrected chi connectivity index (χ3v) is 5.31. The van der Waals surface area contributed by atoms with Gasteiger partial charge >= 0.3 is 5.97 Å². The summed E-state index contributed by atoms with van der Waals surface area (Å²) in [7, 11) is 0. The van der Waals surface area contributed by atoms with Gasteiger partial charge in [-0.2, -0.15) is 0 Å². The van der Waals surface area contributed by atoms with E-state index >= 15 is 0 Å². The molecule has 1 aliphatic heterocycles. The van der Waals surface area contributed by atoms with E-state index in [2.05, 4.69) is 5.32 Å². The Bertz CT molecular complexity index is 332. The van der Waals surface area contributed by atoms with Crippen LogP contribution in [0.5, 0.6) is 0 Å². The molecule has 4 heteroatoms. The van der Waals surface area contributed by atoms with E-state index in [4.69, 9.17) is 9.84 Å². The first kappa shape index (κ1) is 13.4. The predicted molar refractivity (Wildman–Crippen MR) is 72.1 cm³/mol. The lowest BCUT2D eigenvalue weighted by molar-refractivity contribution is -0.143. The highest BCUT2D eigenvalue weighted by atomic mass is 16.5. The molecule has 0 aromatic rings. The number of carboxylic acids is 1. The van der Waals surface area contributed by atoms with Crippen molar-refractivity contribution in [2.24, 2.45) is 5.92 Å². The first-order chi connectivity index (χ1) is 9.17. The van der Waals surface area contributed by atoms with Crippen molar-refractivity contribution in [3.8, 4) is 0 Å². The molecule has 2 saturated carbocycles. The molecule has 4 nitrogen and oxygen atoms in total. The quantitative estimate of drug-likeness (QED) is 0.824. The van der Waals surface area contributed by atoms with Crippen molar-refractivity contribution in [2.75, 3.05) is 6.61 Å². The molecule has 1 atom stereocenters. The topological polar surface area (TPSA) is 58.6 Å². The molecule has 0 aromatic carbocycles. The van der Waals surface area contributed by atoms with Crippen LogP contribution in [0.3, 0.4) is 0 Å². The van der Waals surface area contributed by atoms with Gasteiger partial charge in [-0.15, -0.1) is 0 Å². The Hall–Kier alpha value is -0.610. The van der Waals surface area contributed by atoms with Crippen LogP contribution in [-0.2, 0) is 9.53 Å². The number of rotatable bonds is 3. The maximum absolute atomic E-state index is 10.9. The fraction of sp³-hybridized carbons (Fsp3) is 0.933. The van der Waals surface area contributed by atoms with Crippen LogP contribution in [0.2, 0.25) is 0 Å². The van der Waals surface area contributed by atoms with Crippen LogP contribution in [0.25, 0.3) is 0 Å².